The van der Waals surface area contributed by atoms with E-state index in [4.69, 9.17) is 19.6 Å². The molecule has 162 valence electrons. The zero-order chi connectivity index (χ0) is 22.1. The Morgan fingerprint density at radius 1 is 1.32 bits per heavy atom. The first-order chi connectivity index (χ1) is 14.9. The van der Waals surface area contributed by atoms with Gasteiger partial charge in [-0.2, -0.15) is 0 Å². The number of thiophene rings is 1. The zero-order valence-electron chi connectivity index (χ0n) is 17.0. The standard InChI is InChI=1S/C21H21N3O6S/c1-3-29-21(27)24-8-7-12-15(10-24)31-20(16(12)18(22)25)23-19(26)14-9-11-5-4-6-13(28-2)17(11)30-14/h4-6,9H,3,7-8,10H2,1-2H3,(H2,22,25)(H,23,26). The average molecular weight is 443 g/mol. The number of nitrogens with two attached hydrogens (primary N) is 1. The molecule has 0 aliphatic carbocycles. The van der Waals surface area contributed by atoms with Gasteiger partial charge in [0.25, 0.3) is 11.8 Å². The van der Waals surface area contributed by atoms with Crippen LogP contribution in [0.2, 0.25) is 0 Å². The lowest BCUT2D eigenvalue weighted by molar-refractivity contribution is 0.0995. The van der Waals surface area contributed by atoms with Gasteiger partial charge >= 0.3 is 6.09 Å². The SMILES string of the molecule is CCOC(=O)N1CCc2c(sc(NC(=O)c3cc4cccc(OC)c4o3)c2C(N)=O)C1. The maximum Gasteiger partial charge on any atom is 0.410 e. The van der Waals surface area contributed by atoms with E-state index >= 15 is 0 Å². The van der Waals surface area contributed by atoms with Crippen LogP contribution in [0.5, 0.6) is 5.75 Å². The number of nitrogens with zero attached hydrogens (tertiary/aromatic N) is 1. The Hall–Kier alpha value is -3.53. The van der Waals surface area contributed by atoms with Gasteiger partial charge in [-0.1, -0.05) is 12.1 Å². The second kappa shape index (κ2) is 8.31. The normalized spacial score (nSPS) is 13.0. The summed E-state index contributed by atoms with van der Waals surface area (Å²) in [5.74, 6) is -0.556. The topological polar surface area (TPSA) is 124 Å². The Morgan fingerprint density at radius 3 is 2.84 bits per heavy atom. The average Bonchev–Trinajstić information content (AvgIpc) is 3.34. The predicted molar refractivity (Wildman–Crippen MR) is 115 cm³/mol. The number of furan rings is 1. The smallest absolute Gasteiger partial charge is 0.410 e. The zero-order valence-corrected chi connectivity index (χ0v) is 17.8. The molecule has 3 amide bonds. The van der Waals surface area contributed by atoms with E-state index in [1.807, 2.05) is 0 Å². The van der Waals surface area contributed by atoms with Crippen molar-refractivity contribution in [3.8, 4) is 5.75 Å². The molecule has 0 radical (unpaired) electrons. The van der Waals surface area contributed by atoms with Crippen molar-refractivity contribution in [3.63, 3.8) is 0 Å². The van der Waals surface area contributed by atoms with Crippen molar-refractivity contribution >= 4 is 45.2 Å². The van der Waals surface area contributed by atoms with Gasteiger partial charge in [0.1, 0.15) is 5.00 Å². The maximum absolute atomic E-state index is 12.9. The Kier molecular flexibility index (Phi) is 5.55. The van der Waals surface area contributed by atoms with Crippen molar-refractivity contribution in [2.75, 3.05) is 25.6 Å². The molecule has 0 bridgehead atoms. The van der Waals surface area contributed by atoms with E-state index in [1.54, 1.807) is 36.1 Å². The number of rotatable bonds is 5. The van der Waals surface area contributed by atoms with Gasteiger partial charge in [0.05, 0.1) is 25.8 Å². The summed E-state index contributed by atoms with van der Waals surface area (Å²) in [7, 11) is 1.52. The molecule has 1 aromatic carbocycles. The van der Waals surface area contributed by atoms with E-state index < -0.39 is 17.9 Å². The summed E-state index contributed by atoms with van der Waals surface area (Å²) in [6.45, 7) is 2.71. The highest BCUT2D eigenvalue weighted by Gasteiger charge is 2.30. The largest absolute Gasteiger partial charge is 0.493 e. The maximum atomic E-state index is 12.9. The number of methoxy groups -OCH3 is 1. The van der Waals surface area contributed by atoms with Crippen LogP contribution >= 0.6 is 11.3 Å². The van der Waals surface area contributed by atoms with Crippen LogP contribution in [0, 0.1) is 0 Å². The molecule has 31 heavy (non-hydrogen) atoms. The summed E-state index contributed by atoms with van der Waals surface area (Å²) in [5, 5.41) is 3.79. The Balaban J connectivity index is 1.62. The third kappa shape index (κ3) is 3.81. The van der Waals surface area contributed by atoms with Crippen molar-refractivity contribution in [1.82, 2.24) is 4.90 Å². The lowest BCUT2D eigenvalue weighted by Gasteiger charge is -2.26. The van der Waals surface area contributed by atoms with E-state index in [9.17, 15) is 14.4 Å². The molecule has 2 aromatic heterocycles. The summed E-state index contributed by atoms with van der Waals surface area (Å²) < 4.78 is 16.0. The minimum atomic E-state index is -0.636. The van der Waals surface area contributed by atoms with Crippen LogP contribution in [0.3, 0.4) is 0 Å². The molecule has 1 aliphatic heterocycles. The van der Waals surface area contributed by atoms with Crippen molar-refractivity contribution < 1.29 is 28.3 Å². The molecule has 0 spiro atoms. The highest BCUT2D eigenvalue weighted by Crippen LogP contribution is 2.37. The number of hydrogen-bond acceptors (Lipinski definition) is 7. The van der Waals surface area contributed by atoms with Crippen LogP contribution in [0.15, 0.2) is 28.7 Å². The number of anilines is 1. The Morgan fingerprint density at radius 2 is 2.13 bits per heavy atom. The molecule has 1 aliphatic rings. The van der Waals surface area contributed by atoms with Crippen LogP contribution < -0.4 is 15.8 Å². The lowest BCUT2D eigenvalue weighted by Crippen LogP contribution is -2.36. The fourth-order valence-electron chi connectivity index (χ4n) is 3.60. The summed E-state index contributed by atoms with van der Waals surface area (Å²) in [6, 6.07) is 6.95. The quantitative estimate of drug-likeness (QED) is 0.623. The van der Waals surface area contributed by atoms with Crippen LogP contribution in [0.4, 0.5) is 9.80 Å². The predicted octanol–water partition coefficient (Wildman–Crippen LogP) is 3.37. The molecule has 0 saturated heterocycles. The summed E-state index contributed by atoms with van der Waals surface area (Å²) >= 11 is 1.22. The van der Waals surface area contributed by atoms with Gasteiger partial charge in [-0.15, -0.1) is 11.3 Å². The molecule has 0 saturated carbocycles. The molecule has 3 aromatic rings. The number of primary amides is 1. The van der Waals surface area contributed by atoms with Crippen LogP contribution in [-0.4, -0.2) is 43.1 Å². The third-order valence-corrected chi connectivity index (χ3v) is 6.14. The highest BCUT2D eigenvalue weighted by molar-refractivity contribution is 7.17. The second-order valence-electron chi connectivity index (χ2n) is 6.89. The van der Waals surface area contributed by atoms with Gasteiger partial charge in [0.15, 0.2) is 17.1 Å². The van der Waals surface area contributed by atoms with E-state index in [1.165, 1.54) is 18.4 Å². The van der Waals surface area contributed by atoms with E-state index in [0.717, 1.165) is 15.8 Å². The molecule has 0 unspecified atom stereocenters. The first kappa shape index (κ1) is 20.7. The van der Waals surface area contributed by atoms with E-state index in [-0.39, 0.29) is 24.5 Å². The minimum absolute atomic E-state index is 0.0782. The minimum Gasteiger partial charge on any atom is -0.493 e. The molecule has 10 heteroatoms. The molecule has 4 rings (SSSR count). The number of hydrogen-bond donors (Lipinski definition) is 2. The number of fused-ring (bicyclic) bond motifs is 2. The number of ether oxygens (including phenoxy) is 2. The van der Waals surface area contributed by atoms with Gasteiger partial charge in [0.2, 0.25) is 0 Å². The van der Waals surface area contributed by atoms with Crippen LogP contribution in [-0.2, 0) is 17.7 Å². The highest BCUT2D eigenvalue weighted by atomic mass is 32.1. The lowest BCUT2D eigenvalue weighted by atomic mass is 10.0. The molecular weight excluding hydrogens is 422 g/mol. The van der Waals surface area contributed by atoms with E-state index in [0.29, 0.717) is 29.3 Å². The third-order valence-electron chi connectivity index (χ3n) is 5.01. The fraction of sp³-hybridized carbons (Fsp3) is 0.286. The molecule has 0 fully saturated rings. The number of nitrogens with one attached hydrogen (secondary N) is 1. The van der Waals surface area contributed by atoms with Gasteiger partial charge in [-0.25, -0.2) is 4.79 Å². The molecule has 9 nitrogen and oxygen atoms in total. The van der Waals surface area contributed by atoms with Gasteiger partial charge in [0, 0.05) is 16.8 Å². The monoisotopic (exact) mass is 443 g/mol. The number of para-hydroxylation sites is 1. The summed E-state index contributed by atoms with van der Waals surface area (Å²) in [6.07, 6.45) is 0.0321. The molecule has 3 heterocycles. The van der Waals surface area contributed by atoms with Crippen molar-refractivity contribution in [3.05, 3.63) is 46.0 Å². The summed E-state index contributed by atoms with van der Waals surface area (Å²) in [4.78, 5) is 39.4. The Bertz CT molecular complexity index is 1180. The summed E-state index contributed by atoms with van der Waals surface area (Å²) in [5.41, 5.74) is 7.09. The number of amides is 3. The van der Waals surface area contributed by atoms with Crippen molar-refractivity contribution in [2.24, 2.45) is 5.73 Å². The molecular formula is C21H21N3O6S. The number of benzene rings is 1. The van der Waals surface area contributed by atoms with Crippen molar-refractivity contribution in [2.45, 2.75) is 19.9 Å². The second-order valence-corrected chi connectivity index (χ2v) is 7.99. The van der Waals surface area contributed by atoms with Gasteiger partial charge in [-0.05, 0) is 31.0 Å². The first-order valence-corrected chi connectivity index (χ1v) is 10.5. The van der Waals surface area contributed by atoms with E-state index in [2.05, 4.69) is 5.32 Å². The van der Waals surface area contributed by atoms with Gasteiger partial charge in [-0.3, -0.25) is 9.59 Å². The number of carbonyl (C=O) groups is 3. The fourth-order valence-corrected chi connectivity index (χ4v) is 4.86. The number of carbonyl (C=O) groups excluding carboxylic acids is 3. The van der Waals surface area contributed by atoms with Crippen LogP contribution in [0.25, 0.3) is 11.0 Å². The van der Waals surface area contributed by atoms with Crippen LogP contribution in [0.1, 0.15) is 38.3 Å². The van der Waals surface area contributed by atoms with Crippen molar-refractivity contribution in [1.29, 1.82) is 0 Å². The molecule has 3 N–H and O–H groups in total. The first-order valence-electron chi connectivity index (χ1n) is 9.66. The Labute approximate surface area is 181 Å². The van der Waals surface area contributed by atoms with Gasteiger partial charge < -0.3 is 29.8 Å². The molecule has 0 atom stereocenters.